The van der Waals surface area contributed by atoms with Gasteiger partial charge in [-0.05, 0) is 35.4 Å². The fourth-order valence-corrected chi connectivity index (χ4v) is 3.28. The summed E-state index contributed by atoms with van der Waals surface area (Å²) in [6.45, 7) is 0. The molecule has 30 heavy (non-hydrogen) atoms. The largest absolute Gasteiger partial charge is 0.346 e. The molecular formula is C24H19N5O. The van der Waals surface area contributed by atoms with Gasteiger partial charge in [0.2, 0.25) is 0 Å². The summed E-state index contributed by atoms with van der Waals surface area (Å²) in [5, 5.41) is 10.3. The van der Waals surface area contributed by atoms with Crippen molar-refractivity contribution in [3.63, 3.8) is 0 Å². The van der Waals surface area contributed by atoms with Gasteiger partial charge in [0, 0.05) is 61.0 Å². The quantitative estimate of drug-likeness (QED) is 0.414. The number of benzene rings is 1. The second kappa shape index (κ2) is 8.02. The molecule has 0 saturated carbocycles. The minimum Gasteiger partial charge on any atom is -0.346 e. The van der Waals surface area contributed by atoms with Crippen molar-refractivity contribution in [2.75, 3.05) is 14.1 Å². The second-order valence-electron chi connectivity index (χ2n) is 7.06. The van der Waals surface area contributed by atoms with Crippen molar-refractivity contribution in [3.8, 4) is 28.3 Å². The highest BCUT2D eigenvalue weighted by Gasteiger charge is 2.12. The molecule has 0 bridgehead atoms. The monoisotopic (exact) mass is 393 g/mol. The highest BCUT2D eigenvalue weighted by molar-refractivity contribution is 6.01. The average Bonchev–Trinajstić information content (AvgIpc) is 3.21. The van der Waals surface area contributed by atoms with Gasteiger partial charge in [-0.1, -0.05) is 24.3 Å². The van der Waals surface area contributed by atoms with Crippen molar-refractivity contribution < 1.29 is 4.79 Å². The molecule has 0 fully saturated rings. The van der Waals surface area contributed by atoms with E-state index in [2.05, 4.69) is 21.0 Å². The molecule has 4 aromatic rings. The van der Waals surface area contributed by atoms with Gasteiger partial charge in [0.1, 0.15) is 17.3 Å². The fourth-order valence-electron chi connectivity index (χ4n) is 3.28. The Balaban J connectivity index is 1.76. The number of nitrogens with zero attached hydrogens (tertiary/aromatic N) is 4. The molecule has 4 rings (SSSR count). The van der Waals surface area contributed by atoms with E-state index in [-0.39, 0.29) is 11.5 Å². The maximum Gasteiger partial charge on any atom is 0.264 e. The molecule has 6 nitrogen and oxygen atoms in total. The van der Waals surface area contributed by atoms with Crippen molar-refractivity contribution in [1.82, 2.24) is 19.9 Å². The molecular weight excluding hydrogens is 374 g/mol. The summed E-state index contributed by atoms with van der Waals surface area (Å²) in [5.74, 6) is -0.320. The predicted molar refractivity (Wildman–Crippen MR) is 117 cm³/mol. The van der Waals surface area contributed by atoms with Gasteiger partial charge < -0.3 is 9.88 Å². The van der Waals surface area contributed by atoms with E-state index in [1.165, 1.54) is 4.90 Å². The number of hydrogen-bond acceptors (Lipinski definition) is 4. The molecule has 1 aromatic carbocycles. The molecule has 0 spiro atoms. The van der Waals surface area contributed by atoms with Crippen LogP contribution in [0.5, 0.6) is 0 Å². The van der Waals surface area contributed by atoms with Gasteiger partial charge in [-0.15, -0.1) is 0 Å². The van der Waals surface area contributed by atoms with Gasteiger partial charge >= 0.3 is 0 Å². The minimum atomic E-state index is -0.320. The van der Waals surface area contributed by atoms with Crippen molar-refractivity contribution in [2.24, 2.45) is 0 Å². The number of nitriles is 1. The van der Waals surface area contributed by atoms with E-state index >= 15 is 0 Å². The molecule has 0 atom stereocenters. The standard InChI is InChI=1S/C24H19N5O/c1-29(2)24(30)19(12-25)10-16-5-3-6-17(9-16)20-11-21-22(15-28-23(21)27-14-20)18-7-4-8-26-13-18/h3-11,13-15H,1-2H3,(H,27,28)/b19-10+. The van der Waals surface area contributed by atoms with E-state index in [0.29, 0.717) is 0 Å². The van der Waals surface area contributed by atoms with Gasteiger partial charge in [0.05, 0.1) is 0 Å². The number of aromatic nitrogens is 3. The highest BCUT2D eigenvalue weighted by Crippen LogP contribution is 2.31. The van der Waals surface area contributed by atoms with Crippen LogP contribution in [0.1, 0.15) is 5.56 Å². The smallest absolute Gasteiger partial charge is 0.264 e. The molecule has 146 valence electrons. The number of pyridine rings is 2. The Bertz CT molecular complexity index is 1300. The average molecular weight is 393 g/mol. The maximum atomic E-state index is 12.1. The Morgan fingerprint density at radius 1 is 1.10 bits per heavy atom. The predicted octanol–water partition coefficient (Wildman–Crippen LogP) is 4.29. The van der Waals surface area contributed by atoms with Crippen LogP contribution in [0.25, 0.3) is 39.4 Å². The molecule has 6 heteroatoms. The third-order valence-corrected chi connectivity index (χ3v) is 4.79. The summed E-state index contributed by atoms with van der Waals surface area (Å²) < 4.78 is 0. The lowest BCUT2D eigenvalue weighted by Gasteiger charge is -2.09. The molecule has 0 aliphatic heterocycles. The molecule has 0 aliphatic carbocycles. The minimum absolute atomic E-state index is 0.0928. The molecule has 0 saturated heterocycles. The normalized spacial score (nSPS) is 11.3. The third-order valence-electron chi connectivity index (χ3n) is 4.79. The van der Waals surface area contributed by atoms with Gasteiger partial charge in [-0.3, -0.25) is 9.78 Å². The van der Waals surface area contributed by atoms with Crippen LogP contribution in [0.15, 0.2) is 72.8 Å². The summed E-state index contributed by atoms with van der Waals surface area (Å²) in [5.41, 5.74) is 5.62. The van der Waals surface area contributed by atoms with Crippen LogP contribution in [0, 0.1) is 11.3 Å². The van der Waals surface area contributed by atoms with Gasteiger partial charge in [0.25, 0.3) is 5.91 Å². The van der Waals surface area contributed by atoms with Crippen LogP contribution in [0.4, 0.5) is 0 Å². The van der Waals surface area contributed by atoms with Crippen LogP contribution >= 0.6 is 0 Å². The first-order valence-electron chi connectivity index (χ1n) is 9.38. The van der Waals surface area contributed by atoms with E-state index in [1.807, 2.05) is 61.1 Å². The molecule has 3 aromatic heterocycles. The van der Waals surface area contributed by atoms with Gasteiger partial charge in [0.15, 0.2) is 0 Å². The van der Waals surface area contributed by atoms with E-state index in [0.717, 1.165) is 38.9 Å². The van der Waals surface area contributed by atoms with Crippen molar-refractivity contribution in [2.45, 2.75) is 0 Å². The molecule has 1 amide bonds. The molecule has 0 radical (unpaired) electrons. The number of fused-ring (bicyclic) bond motifs is 1. The third kappa shape index (κ3) is 3.69. The van der Waals surface area contributed by atoms with Gasteiger partial charge in [-0.25, -0.2) is 4.98 Å². The van der Waals surface area contributed by atoms with Crippen molar-refractivity contribution >= 4 is 23.0 Å². The zero-order valence-corrected chi connectivity index (χ0v) is 16.6. The lowest BCUT2D eigenvalue weighted by atomic mass is 10.0. The Hall–Kier alpha value is -4.24. The van der Waals surface area contributed by atoms with Crippen LogP contribution in [-0.2, 0) is 4.79 Å². The number of rotatable bonds is 4. The lowest BCUT2D eigenvalue weighted by Crippen LogP contribution is -2.22. The number of nitrogens with one attached hydrogen (secondary N) is 1. The topological polar surface area (TPSA) is 85.7 Å². The molecule has 0 aliphatic rings. The summed E-state index contributed by atoms with van der Waals surface area (Å²) >= 11 is 0. The Morgan fingerprint density at radius 2 is 1.93 bits per heavy atom. The maximum absolute atomic E-state index is 12.1. The van der Waals surface area contributed by atoms with Crippen molar-refractivity contribution in [1.29, 1.82) is 5.26 Å². The number of aromatic amines is 1. The van der Waals surface area contributed by atoms with Crippen molar-refractivity contribution in [3.05, 3.63) is 78.4 Å². The van der Waals surface area contributed by atoms with Crippen LogP contribution in [0.2, 0.25) is 0 Å². The van der Waals surface area contributed by atoms with Crippen LogP contribution in [0.3, 0.4) is 0 Å². The Morgan fingerprint density at radius 3 is 2.67 bits per heavy atom. The molecule has 3 heterocycles. The number of hydrogen-bond donors (Lipinski definition) is 1. The zero-order chi connectivity index (χ0) is 21.1. The van der Waals surface area contributed by atoms with Crippen LogP contribution in [-0.4, -0.2) is 39.9 Å². The fraction of sp³-hybridized carbons (Fsp3) is 0.0833. The number of likely N-dealkylation sites (N-methyl/N-ethyl adjacent to an activating group) is 1. The number of H-pyrrole nitrogens is 1. The van der Waals surface area contributed by atoms with E-state index in [4.69, 9.17) is 0 Å². The second-order valence-corrected chi connectivity index (χ2v) is 7.06. The summed E-state index contributed by atoms with van der Waals surface area (Å²) in [4.78, 5) is 25.5. The summed E-state index contributed by atoms with van der Waals surface area (Å²) in [6, 6.07) is 15.7. The highest BCUT2D eigenvalue weighted by atomic mass is 16.2. The van der Waals surface area contributed by atoms with E-state index < -0.39 is 0 Å². The van der Waals surface area contributed by atoms with E-state index in [1.54, 1.807) is 26.4 Å². The van der Waals surface area contributed by atoms with Gasteiger partial charge in [-0.2, -0.15) is 5.26 Å². The SMILES string of the molecule is CN(C)C(=O)/C(C#N)=C/c1cccc(-c2cnc3[nH]cc(-c4cccnc4)c3c2)c1. The Labute approximate surface area is 174 Å². The number of carbonyl (C=O) groups is 1. The number of carbonyl (C=O) groups excluding carboxylic acids is 1. The molecule has 0 unspecified atom stereocenters. The first-order valence-corrected chi connectivity index (χ1v) is 9.38. The Kier molecular flexibility index (Phi) is 5.10. The zero-order valence-electron chi connectivity index (χ0n) is 16.6. The summed E-state index contributed by atoms with van der Waals surface area (Å²) in [6.07, 6.45) is 8.92. The first kappa shape index (κ1) is 19.1. The van der Waals surface area contributed by atoms with Crippen LogP contribution < -0.4 is 0 Å². The van der Waals surface area contributed by atoms with E-state index in [9.17, 15) is 10.1 Å². The first-order chi connectivity index (χ1) is 14.6. The molecule has 1 N–H and O–H groups in total. The lowest BCUT2D eigenvalue weighted by molar-refractivity contribution is -0.124. The number of amides is 1. The summed E-state index contributed by atoms with van der Waals surface area (Å²) in [7, 11) is 3.25.